The molecule has 2 aliphatic rings. The van der Waals surface area contributed by atoms with Crippen LogP contribution in [0.3, 0.4) is 0 Å². The maximum absolute atomic E-state index is 10.2. The van der Waals surface area contributed by atoms with E-state index in [4.69, 9.17) is 24.1 Å². The van der Waals surface area contributed by atoms with Gasteiger partial charge >= 0.3 is 0 Å². The first-order chi connectivity index (χ1) is 13.8. The molecule has 10 nitrogen and oxygen atoms in total. The van der Waals surface area contributed by atoms with Crippen molar-refractivity contribution in [1.29, 1.82) is 0 Å². The van der Waals surface area contributed by atoms with Crippen molar-refractivity contribution in [3.63, 3.8) is 0 Å². The average Bonchev–Trinajstić information content (AvgIpc) is 3.02. The van der Waals surface area contributed by atoms with Gasteiger partial charge in [-0.2, -0.15) is 0 Å². The number of aliphatic hydroxyl groups is 6. The molecule has 29 heavy (non-hydrogen) atoms. The Bertz CT molecular complexity index is 682. The Labute approximate surface area is 167 Å². The lowest BCUT2D eigenvalue weighted by Gasteiger charge is -2.40. The summed E-state index contributed by atoms with van der Waals surface area (Å²) < 4.78 is 21.6. The molecule has 0 radical (unpaired) electrons. The van der Waals surface area contributed by atoms with Crippen molar-refractivity contribution in [2.75, 3.05) is 19.8 Å². The SMILES string of the molecule is C=Cc1ccc(O[C@@H]2O[C@H](CO[C@H]3OC[C@@](O)(CO)[C@H]3O)[C@@H](O)[C@H](O)[C@H]2O)cc1. The number of rotatable bonds is 7. The standard InChI is InChI=1S/C19H26O10/c1-2-10-3-5-11(6-4-10)28-17-15(23)14(22)13(21)12(29-17)7-26-18-16(24)19(25,8-20)9-27-18/h2-6,12-18,20-25H,1,7-9H2/t12-,13-,14+,15-,16+,17-,18+,19+/m1/s1. The van der Waals surface area contributed by atoms with Crippen LogP contribution in [0.25, 0.3) is 6.08 Å². The molecule has 162 valence electrons. The third-order valence-electron chi connectivity index (χ3n) is 5.04. The first kappa shape index (κ1) is 22.1. The van der Waals surface area contributed by atoms with Crippen LogP contribution in [0.5, 0.6) is 5.75 Å². The fourth-order valence-electron chi connectivity index (χ4n) is 3.09. The van der Waals surface area contributed by atoms with Crippen molar-refractivity contribution in [1.82, 2.24) is 0 Å². The molecule has 0 aromatic heterocycles. The summed E-state index contributed by atoms with van der Waals surface area (Å²) in [5, 5.41) is 59.6. The smallest absolute Gasteiger partial charge is 0.229 e. The molecular formula is C19H26O10. The van der Waals surface area contributed by atoms with Crippen molar-refractivity contribution < 1.29 is 49.6 Å². The Kier molecular flexibility index (Phi) is 6.89. The monoisotopic (exact) mass is 414 g/mol. The Hall–Kier alpha value is -1.60. The van der Waals surface area contributed by atoms with Crippen LogP contribution in [0.4, 0.5) is 0 Å². The van der Waals surface area contributed by atoms with Crippen LogP contribution >= 0.6 is 0 Å². The minimum Gasteiger partial charge on any atom is -0.462 e. The van der Waals surface area contributed by atoms with E-state index in [2.05, 4.69) is 6.58 Å². The largest absolute Gasteiger partial charge is 0.462 e. The molecule has 10 heteroatoms. The summed E-state index contributed by atoms with van der Waals surface area (Å²) in [5.41, 5.74) is -0.988. The lowest BCUT2D eigenvalue weighted by atomic mass is 9.99. The quantitative estimate of drug-likeness (QED) is 0.294. The average molecular weight is 414 g/mol. The third kappa shape index (κ3) is 4.61. The normalized spacial score (nSPS) is 40.0. The molecule has 1 aromatic carbocycles. The first-order valence-corrected chi connectivity index (χ1v) is 9.12. The number of aliphatic hydroxyl groups excluding tert-OH is 5. The van der Waals surface area contributed by atoms with E-state index in [9.17, 15) is 25.5 Å². The lowest BCUT2D eigenvalue weighted by molar-refractivity contribution is -0.289. The summed E-state index contributed by atoms with van der Waals surface area (Å²) in [7, 11) is 0. The second kappa shape index (κ2) is 9.04. The van der Waals surface area contributed by atoms with Gasteiger partial charge in [-0.3, -0.25) is 0 Å². The molecule has 2 aliphatic heterocycles. The zero-order valence-electron chi connectivity index (χ0n) is 15.6. The molecule has 2 heterocycles. The Morgan fingerprint density at radius 3 is 2.34 bits per heavy atom. The van der Waals surface area contributed by atoms with Crippen LogP contribution in [-0.2, 0) is 14.2 Å². The predicted molar refractivity (Wildman–Crippen MR) is 97.6 cm³/mol. The highest BCUT2D eigenvalue weighted by Gasteiger charge is 2.50. The van der Waals surface area contributed by atoms with Crippen molar-refractivity contribution in [2.24, 2.45) is 0 Å². The molecule has 2 saturated heterocycles. The molecule has 0 unspecified atom stereocenters. The fourth-order valence-corrected chi connectivity index (χ4v) is 3.09. The maximum atomic E-state index is 10.2. The molecule has 6 N–H and O–H groups in total. The van der Waals surface area contributed by atoms with Gasteiger partial charge in [0.25, 0.3) is 0 Å². The highest BCUT2D eigenvalue weighted by Crippen LogP contribution is 2.28. The number of benzene rings is 1. The van der Waals surface area contributed by atoms with E-state index in [1.165, 1.54) is 0 Å². The molecule has 3 rings (SSSR count). The fraction of sp³-hybridized carbons (Fsp3) is 0.579. The van der Waals surface area contributed by atoms with E-state index < -0.39 is 55.3 Å². The lowest BCUT2D eigenvalue weighted by Crippen LogP contribution is -2.60. The van der Waals surface area contributed by atoms with Gasteiger partial charge in [-0.15, -0.1) is 0 Å². The van der Waals surface area contributed by atoms with Gasteiger partial charge in [-0.1, -0.05) is 24.8 Å². The van der Waals surface area contributed by atoms with Gasteiger partial charge < -0.3 is 49.6 Å². The topological polar surface area (TPSA) is 158 Å². The molecule has 2 fully saturated rings. The van der Waals surface area contributed by atoms with Crippen molar-refractivity contribution in [2.45, 2.75) is 48.7 Å². The second-order valence-electron chi connectivity index (χ2n) is 7.12. The second-order valence-corrected chi connectivity index (χ2v) is 7.12. The summed E-state index contributed by atoms with van der Waals surface area (Å²) in [6.07, 6.45) is -8.13. The Balaban J connectivity index is 1.62. The van der Waals surface area contributed by atoms with Gasteiger partial charge in [0.2, 0.25) is 6.29 Å². The molecule has 1 aromatic rings. The van der Waals surface area contributed by atoms with E-state index in [0.29, 0.717) is 5.75 Å². The van der Waals surface area contributed by atoms with Gasteiger partial charge in [-0.05, 0) is 17.7 Å². The number of hydrogen-bond donors (Lipinski definition) is 6. The summed E-state index contributed by atoms with van der Waals surface area (Å²) >= 11 is 0. The zero-order valence-corrected chi connectivity index (χ0v) is 15.6. The molecule has 8 atom stereocenters. The first-order valence-electron chi connectivity index (χ1n) is 9.12. The van der Waals surface area contributed by atoms with E-state index in [1.807, 2.05) is 0 Å². The van der Waals surface area contributed by atoms with Gasteiger partial charge in [0.1, 0.15) is 41.9 Å². The van der Waals surface area contributed by atoms with E-state index in [0.717, 1.165) is 5.56 Å². The van der Waals surface area contributed by atoms with Crippen LogP contribution in [-0.4, -0.2) is 99.2 Å². The van der Waals surface area contributed by atoms with Gasteiger partial charge in [0.15, 0.2) is 6.29 Å². The minimum absolute atomic E-state index is 0.336. The third-order valence-corrected chi connectivity index (χ3v) is 5.04. The van der Waals surface area contributed by atoms with Crippen LogP contribution in [0, 0.1) is 0 Å². The number of hydrogen-bond acceptors (Lipinski definition) is 10. The maximum Gasteiger partial charge on any atom is 0.229 e. The Morgan fingerprint density at radius 2 is 1.76 bits per heavy atom. The van der Waals surface area contributed by atoms with Gasteiger partial charge in [-0.25, -0.2) is 0 Å². The van der Waals surface area contributed by atoms with Crippen LogP contribution < -0.4 is 4.74 Å². The van der Waals surface area contributed by atoms with E-state index >= 15 is 0 Å². The molecule has 0 bridgehead atoms. The van der Waals surface area contributed by atoms with Crippen LogP contribution in [0.2, 0.25) is 0 Å². The summed E-state index contributed by atoms with van der Waals surface area (Å²) in [4.78, 5) is 0. The summed E-state index contributed by atoms with van der Waals surface area (Å²) in [6, 6.07) is 6.75. The molecular weight excluding hydrogens is 388 g/mol. The molecule has 0 saturated carbocycles. The van der Waals surface area contributed by atoms with E-state index in [-0.39, 0.29) is 13.2 Å². The Morgan fingerprint density at radius 1 is 1.07 bits per heavy atom. The van der Waals surface area contributed by atoms with Gasteiger partial charge in [0.05, 0.1) is 19.8 Å². The molecule has 0 aliphatic carbocycles. The summed E-state index contributed by atoms with van der Waals surface area (Å²) in [6.45, 7) is 2.25. The minimum atomic E-state index is -1.85. The predicted octanol–water partition coefficient (Wildman–Crippen LogP) is -2.03. The van der Waals surface area contributed by atoms with Gasteiger partial charge in [0, 0.05) is 0 Å². The number of ether oxygens (including phenoxy) is 4. The van der Waals surface area contributed by atoms with Crippen molar-refractivity contribution >= 4 is 6.08 Å². The van der Waals surface area contributed by atoms with Crippen molar-refractivity contribution in [3.8, 4) is 5.75 Å². The van der Waals surface area contributed by atoms with Crippen molar-refractivity contribution in [3.05, 3.63) is 36.4 Å². The highest BCUT2D eigenvalue weighted by atomic mass is 16.7. The zero-order chi connectivity index (χ0) is 21.2. The molecule has 0 spiro atoms. The van der Waals surface area contributed by atoms with E-state index in [1.54, 1.807) is 30.3 Å². The van der Waals surface area contributed by atoms with Crippen LogP contribution in [0.1, 0.15) is 5.56 Å². The summed E-state index contributed by atoms with van der Waals surface area (Å²) in [5.74, 6) is 0.366. The van der Waals surface area contributed by atoms with Crippen LogP contribution in [0.15, 0.2) is 30.8 Å². The molecule has 0 amide bonds. The highest BCUT2D eigenvalue weighted by molar-refractivity contribution is 5.48.